The molecule has 12 nitrogen and oxygen atoms in total. The summed E-state index contributed by atoms with van der Waals surface area (Å²) in [4.78, 5) is 34.4. The van der Waals surface area contributed by atoms with Crippen molar-refractivity contribution >= 4 is 29.3 Å². The number of esters is 2. The first-order chi connectivity index (χ1) is 22.7. The smallest absolute Gasteiger partial charge is 0.416 e. The molecule has 0 amide bonds. The molecule has 0 saturated carbocycles. The molecule has 0 spiro atoms. The fourth-order valence-corrected chi connectivity index (χ4v) is 3.78. The SMILES string of the molecule is O=C(O)CCCCC(=O)OCCOCCOCCOCCOCCOCCOC(=O)c1ccccc1Nc1cccc(C(F)(F)F)c1. The van der Waals surface area contributed by atoms with Crippen molar-refractivity contribution in [1.29, 1.82) is 0 Å². The first-order valence-electron chi connectivity index (χ1n) is 15.1. The van der Waals surface area contributed by atoms with Crippen molar-refractivity contribution in [3.8, 4) is 0 Å². The molecule has 0 saturated heterocycles. The highest BCUT2D eigenvalue weighted by Crippen LogP contribution is 2.32. The Kier molecular flexibility index (Phi) is 19.7. The van der Waals surface area contributed by atoms with Gasteiger partial charge in [0.15, 0.2) is 0 Å². The van der Waals surface area contributed by atoms with Crippen molar-refractivity contribution in [2.45, 2.75) is 31.9 Å². The molecule has 0 radical (unpaired) electrons. The van der Waals surface area contributed by atoms with Gasteiger partial charge in [-0.25, -0.2) is 4.79 Å². The van der Waals surface area contributed by atoms with E-state index < -0.39 is 23.7 Å². The third-order valence-corrected chi connectivity index (χ3v) is 6.08. The van der Waals surface area contributed by atoms with Crippen molar-refractivity contribution in [1.82, 2.24) is 0 Å². The van der Waals surface area contributed by atoms with Gasteiger partial charge in [-0.2, -0.15) is 13.2 Å². The van der Waals surface area contributed by atoms with E-state index in [-0.39, 0.29) is 63.1 Å². The number of unbranched alkanes of at least 4 members (excludes halogenated alkanes) is 1. The van der Waals surface area contributed by atoms with Gasteiger partial charge in [0.05, 0.1) is 82.9 Å². The first kappa shape index (κ1) is 39.4. The minimum atomic E-state index is -4.48. The highest BCUT2D eigenvalue weighted by molar-refractivity contribution is 5.96. The topological polar surface area (TPSA) is 148 Å². The summed E-state index contributed by atoms with van der Waals surface area (Å²) in [5.74, 6) is -1.90. The summed E-state index contributed by atoms with van der Waals surface area (Å²) < 4.78 is 76.2. The van der Waals surface area contributed by atoms with E-state index in [0.29, 0.717) is 64.8 Å². The molecule has 15 heteroatoms. The maximum Gasteiger partial charge on any atom is 0.416 e. The van der Waals surface area contributed by atoms with Gasteiger partial charge in [-0.3, -0.25) is 9.59 Å². The zero-order valence-electron chi connectivity index (χ0n) is 26.1. The lowest BCUT2D eigenvalue weighted by atomic mass is 10.1. The van der Waals surface area contributed by atoms with Gasteiger partial charge in [-0.05, 0) is 43.2 Å². The second-order valence-corrected chi connectivity index (χ2v) is 9.77. The van der Waals surface area contributed by atoms with Crippen LogP contribution in [-0.2, 0) is 48.9 Å². The molecule has 0 heterocycles. The summed E-state index contributed by atoms with van der Waals surface area (Å²) in [6.45, 7) is 3.26. The Labute approximate surface area is 271 Å². The van der Waals surface area contributed by atoms with Crippen LogP contribution in [0.5, 0.6) is 0 Å². The Bertz CT molecular complexity index is 1200. The molecule has 0 aliphatic heterocycles. The van der Waals surface area contributed by atoms with Gasteiger partial charge in [0.2, 0.25) is 0 Å². The molecular weight excluding hydrogens is 631 g/mol. The lowest BCUT2D eigenvalue weighted by molar-refractivity contribution is -0.146. The number of carboxylic acid groups (broad SMARTS) is 1. The number of carbonyl (C=O) groups is 3. The number of carbonyl (C=O) groups excluding carboxylic acids is 2. The van der Waals surface area contributed by atoms with Crippen LogP contribution in [0.4, 0.5) is 24.5 Å². The Balaban J connectivity index is 1.40. The van der Waals surface area contributed by atoms with E-state index in [1.165, 1.54) is 18.2 Å². The van der Waals surface area contributed by atoms with Crippen molar-refractivity contribution in [3.63, 3.8) is 0 Å². The van der Waals surface area contributed by atoms with Gasteiger partial charge in [0.1, 0.15) is 13.2 Å². The first-order valence-corrected chi connectivity index (χ1v) is 15.1. The van der Waals surface area contributed by atoms with Crippen LogP contribution in [0.2, 0.25) is 0 Å². The van der Waals surface area contributed by atoms with Gasteiger partial charge in [0, 0.05) is 18.5 Å². The molecule has 0 unspecified atom stereocenters. The molecule has 2 rings (SSSR count). The van der Waals surface area contributed by atoms with Crippen molar-refractivity contribution in [3.05, 3.63) is 59.7 Å². The van der Waals surface area contributed by atoms with E-state index in [0.717, 1.165) is 12.1 Å². The highest BCUT2D eigenvalue weighted by Gasteiger charge is 2.30. The number of ether oxygens (including phenoxy) is 7. The molecule has 0 aliphatic carbocycles. The highest BCUT2D eigenvalue weighted by atomic mass is 19.4. The number of para-hydroxylation sites is 1. The summed E-state index contributed by atoms with van der Waals surface area (Å²) in [5, 5.41) is 11.4. The predicted octanol–water partition coefficient (Wildman–Crippen LogP) is 4.88. The van der Waals surface area contributed by atoms with E-state index in [1.807, 2.05) is 0 Å². The second kappa shape index (κ2) is 23.5. The van der Waals surface area contributed by atoms with E-state index in [2.05, 4.69) is 5.32 Å². The number of halogens is 3. The van der Waals surface area contributed by atoms with Crippen LogP contribution in [-0.4, -0.2) is 102 Å². The number of anilines is 2. The molecule has 2 aromatic rings. The van der Waals surface area contributed by atoms with E-state index in [1.54, 1.807) is 18.2 Å². The van der Waals surface area contributed by atoms with Crippen LogP contribution in [0, 0.1) is 0 Å². The lowest BCUT2D eigenvalue weighted by Gasteiger charge is -2.13. The molecule has 2 aromatic carbocycles. The molecule has 0 bridgehead atoms. The van der Waals surface area contributed by atoms with Gasteiger partial charge in [-0.1, -0.05) is 18.2 Å². The van der Waals surface area contributed by atoms with E-state index in [9.17, 15) is 27.6 Å². The summed E-state index contributed by atoms with van der Waals surface area (Å²) in [6.07, 6.45) is -3.35. The predicted molar refractivity (Wildman–Crippen MR) is 163 cm³/mol. The number of nitrogens with one attached hydrogen (secondary N) is 1. The van der Waals surface area contributed by atoms with Crippen molar-refractivity contribution < 1.29 is 65.8 Å². The van der Waals surface area contributed by atoms with Crippen LogP contribution in [0.25, 0.3) is 0 Å². The maximum atomic E-state index is 13.0. The number of rotatable bonds is 26. The van der Waals surface area contributed by atoms with E-state index in [4.69, 9.17) is 38.3 Å². The van der Waals surface area contributed by atoms with Gasteiger partial charge < -0.3 is 43.6 Å². The zero-order valence-corrected chi connectivity index (χ0v) is 26.1. The number of hydrogen-bond donors (Lipinski definition) is 2. The molecule has 0 aromatic heterocycles. The summed E-state index contributed by atoms with van der Waals surface area (Å²) in [5.41, 5.74) is -0.136. The monoisotopic (exact) mass is 673 g/mol. The normalized spacial score (nSPS) is 11.3. The van der Waals surface area contributed by atoms with Crippen LogP contribution >= 0.6 is 0 Å². The quantitative estimate of drug-likeness (QED) is 0.104. The molecule has 262 valence electrons. The fourth-order valence-electron chi connectivity index (χ4n) is 3.78. The Morgan fingerprint density at radius 3 is 1.70 bits per heavy atom. The largest absolute Gasteiger partial charge is 0.481 e. The molecule has 2 N–H and O–H groups in total. The maximum absolute atomic E-state index is 13.0. The minimum absolute atomic E-state index is 0.0179. The molecule has 0 aliphatic rings. The van der Waals surface area contributed by atoms with Crippen molar-refractivity contribution in [2.75, 3.05) is 84.6 Å². The molecule has 47 heavy (non-hydrogen) atoms. The molecule has 0 fully saturated rings. The van der Waals surface area contributed by atoms with Gasteiger partial charge in [0.25, 0.3) is 0 Å². The van der Waals surface area contributed by atoms with Crippen LogP contribution in [0.3, 0.4) is 0 Å². The van der Waals surface area contributed by atoms with Crippen LogP contribution < -0.4 is 5.32 Å². The lowest BCUT2D eigenvalue weighted by Crippen LogP contribution is -2.16. The molecule has 0 atom stereocenters. The zero-order chi connectivity index (χ0) is 34.2. The van der Waals surface area contributed by atoms with Crippen molar-refractivity contribution in [2.24, 2.45) is 0 Å². The average Bonchev–Trinajstić information content (AvgIpc) is 3.04. The summed E-state index contributed by atoms with van der Waals surface area (Å²) in [6, 6.07) is 11.0. The standard InChI is InChI=1S/C32H42F3NO11/c33-32(34,35)25-6-5-7-26(24-25)36-28-9-2-1-8-27(28)31(40)47-23-21-45-19-17-43-15-13-41-12-14-42-16-18-44-20-22-46-30(39)11-4-3-10-29(37)38/h1-2,5-9,24,36H,3-4,10-23H2,(H,37,38). The van der Waals surface area contributed by atoms with Crippen LogP contribution in [0.1, 0.15) is 41.6 Å². The Hall–Kier alpha value is -3.76. The second-order valence-electron chi connectivity index (χ2n) is 9.77. The van der Waals surface area contributed by atoms with E-state index >= 15 is 0 Å². The Morgan fingerprint density at radius 2 is 1.15 bits per heavy atom. The fraction of sp³-hybridized carbons (Fsp3) is 0.531. The Morgan fingerprint density at radius 1 is 0.638 bits per heavy atom. The molecular formula is C32H42F3NO11. The number of alkyl halides is 3. The van der Waals surface area contributed by atoms with Gasteiger partial charge in [-0.15, -0.1) is 0 Å². The minimum Gasteiger partial charge on any atom is -0.481 e. The van der Waals surface area contributed by atoms with Gasteiger partial charge >= 0.3 is 24.1 Å². The summed E-state index contributed by atoms with van der Waals surface area (Å²) >= 11 is 0. The third-order valence-electron chi connectivity index (χ3n) is 6.08. The van der Waals surface area contributed by atoms with Crippen LogP contribution in [0.15, 0.2) is 48.5 Å². The number of hydrogen-bond acceptors (Lipinski definition) is 11. The number of carboxylic acids is 1. The third kappa shape index (κ3) is 18.8. The number of benzene rings is 2. The summed E-state index contributed by atoms with van der Waals surface area (Å²) in [7, 11) is 0. The number of aliphatic carboxylic acids is 1. The average molecular weight is 674 g/mol.